The van der Waals surface area contributed by atoms with E-state index in [9.17, 15) is 0 Å². The zero-order chi connectivity index (χ0) is 13.6. The van der Waals surface area contributed by atoms with E-state index in [4.69, 9.17) is 4.74 Å². The van der Waals surface area contributed by atoms with Gasteiger partial charge < -0.3 is 10.1 Å². The van der Waals surface area contributed by atoms with Gasteiger partial charge in [-0.1, -0.05) is 43.2 Å². The molecule has 0 radical (unpaired) electrons. The van der Waals surface area contributed by atoms with Crippen molar-refractivity contribution in [3.8, 4) is 0 Å². The first-order valence-corrected chi connectivity index (χ1v) is 7.94. The van der Waals surface area contributed by atoms with Crippen LogP contribution < -0.4 is 18.9 Å². The summed E-state index contributed by atoms with van der Waals surface area (Å²) in [6, 6.07) is 11.6. The number of hydrogen-bond donors (Lipinski definition) is 0. The van der Waals surface area contributed by atoms with Crippen molar-refractivity contribution in [3.05, 3.63) is 41.2 Å². The maximum atomic E-state index is 5.93. The normalized spacial score (nSPS) is 25.9. The van der Waals surface area contributed by atoms with Crippen molar-refractivity contribution in [2.24, 2.45) is 0 Å². The van der Waals surface area contributed by atoms with E-state index in [0.717, 1.165) is 26.3 Å². The fourth-order valence-corrected chi connectivity index (χ4v) is 3.32. The molecule has 2 saturated heterocycles. The first-order chi connectivity index (χ1) is 9.92. The molecular formula is C17H25LiN2O. The van der Waals surface area contributed by atoms with Gasteiger partial charge in [-0.2, -0.15) is 0 Å². The third-order valence-corrected chi connectivity index (χ3v) is 4.45. The van der Waals surface area contributed by atoms with Crippen molar-refractivity contribution in [1.82, 2.24) is 4.90 Å². The summed E-state index contributed by atoms with van der Waals surface area (Å²) in [5.41, 5.74) is 1.27. The molecule has 2 aliphatic rings. The summed E-state index contributed by atoms with van der Waals surface area (Å²) in [7, 11) is 0. The van der Waals surface area contributed by atoms with E-state index in [1.54, 1.807) is 0 Å². The van der Waals surface area contributed by atoms with Crippen LogP contribution in [0, 0.1) is 0 Å². The molecule has 1 aromatic carbocycles. The van der Waals surface area contributed by atoms with E-state index in [1.807, 2.05) is 6.07 Å². The number of hydrogen-bond acceptors (Lipinski definition) is 2. The number of ether oxygens (including phenoxy) is 1. The minimum atomic E-state index is 0. The van der Waals surface area contributed by atoms with Crippen LogP contribution in [0.25, 0.3) is 5.32 Å². The van der Waals surface area contributed by atoms with E-state index >= 15 is 0 Å². The Morgan fingerprint density at radius 3 is 2.76 bits per heavy atom. The fourth-order valence-electron chi connectivity index (χ4n) is 3.32. The molecule has 2 atom stereocenters. The number of likely N-dealkylation sites (tertiary alicyclic amines) is 1. The van der Waals surface area contributed by atoms with E-state index in [-0.39, 0.29) is 18.9 Å². The summed E-state index contributed by atoms with van der Waals surface area (Å²) in [6.45, 7) is 5.05. The van der Waals surface area contributed by atoms with Gasteiger partial charge in [0.2, 0.25) is 0 Å². The van der Waals surface area contributed by atoms with Crippen molar-refractivity contribution in [3.63, 3.8) is 0 Å². The monoisotopic (exact) mass is 280 g/mol. The van der Waals surface area contributed by atoms with Crippen LogP contribution in [-0.2, 0) is 11.3 Å². The smallest absolute Gasteiger partial charge is 0.658 e. The van der Waals surface area contributed by atoms with Gasteiger partial charge in [0.1, 0.15) is 0 Å². The number of nitrogens with zero attached hydrogens (tertiary/aromatic N) is 2. The standard InChI is InChI=1S/C17H25N2O.Li/c1-2-6-15(7-3-1)13-20-14-17-9-5-11-19(17)12-16-8-4-10-18-16;/h1-3,6-7,16-17H,4-5,8-14H2;/q-1;+1/t16-,17-;/m0./s1. The molecule has 0 bridgehead atoms. The Morgan fingerprint density at radius 2 is 2.00 bits per heavy atom. The van der Waals surface area contributed by atoms with Crippen LogP contribution in [0.2, 0.25) is 0 Å². The van der Waals surface area contributed by atoms with Gasteiger partial charge in [-0.05, 0) is 31.5 Å². The van der Waals surface area contributed by atoms with Crippen LogP contribution in [-0.4, -0.2) is 43.2 Å². The second-order valence-corrected chi connectivity index (χ2v) is 5.99. The van der Waals surface area contributed by atoms with E-state index in [2.05, 4.69) is 34.5 Å². The Balaban J connectivity index is 0.00000161. The third kappa shape index (κ3) is 5.12. The van der Waals surface area contributed by atoms with Crippen LogP contribution in [0.5, 0.6) is 0 Å². The van der Waals surface area contributed by atoms with Crippen LogP contribution in [0.15, 0.2) is 30.3 Å². The maximum absolute atomic E-state index is 5.93. The van der Waals surface area contributed by atoms with Gasteiger partial charge in [-0.15, -0.1) is 12.6 Å². The minimum absolute atomic E-state index is 0. The summed E-state index contributed by atoms with van der Waals surface area (Å²) in [6.07, 6.45) is 5.16. The summed E-state index contributed by atoms with van der Waals surface area (Å²) >= 11 is 0. The second-order valence-electron chi connectivity index (χ2n) is 5.99. The van der Waals surface area contributed by atoms with Crippen molar-refractivity contribution in [2.75, 3.05) is 26.2 Å². The molecule has 0 spiro atoms. The molecule has 3 rings (SSSR count). The van der Waals surface area contributed by atoms with Gasteiger partial charge >= 0.3 is 18.9 Å². The van der Waals surface area contributed by atoms with E-state index in [0.29, 0.717) is 12.1 Å². The molecule has 3 nitrogen and oxygen atoms in total. The fraction of sp³-hybridized carbons (Fsp3) is 0.647. The Bertz CT molecular complexity index is 395. The first-order valence-electron chi connectivity index (χ1n) is 7.94. The van der Waals surface area contributed by atoms with Gasteiger partial charge in [0.15, 0.2) is 0 Å². The minimum Gasteiger partial charge on any atom is -0.658 e. The van der Waals surface area contributed by atoms with Crippen molar-refractivity contribution in [2.45, 2.75) is 44.4 Å². The van der Waals surface area contributed by atoms with Crippen LogP contribution in [0.1, 0.15) is 31.2 Å². The molecule has 2 aliphatic heterocycles. The molecule has 0 unspecified atom stereocenters. The molecule has 2 heterocycles. The van der Waals surface area contributed by atoms with Gasteiger partial charge in [-0.25, -0.2) is 0 Å². The quantitative estimate of drug-likeness (QED) is 0.696. The molecule has 21 heavy (non-hydrogen) atoms. The van der Waals surface area contributed by atoms with Crippen LogP contribution in [0.3, 0.4) is 0 Å². The van der Waals surface area contributed by atoms with E-state index < -0.39 is 0 Å². The van der Waals surface area contributed by atoms with Crippen LogP contribution in [0.4, 0.5) is 0 Å². The molecule has 0 amide bonds. The molecule has 0 N–H and O–H groups in total. The topological polar surface area (TPSA) is 26.6 Å². The van der Waals surface area contributed by atoms with Gasteiger partial charge in [0, 0.05) is 6.04 Å². The molecule has 0 saturated carbocycles. The number of benzene rings is 1. The SMILES string of the molecule is [Li+].c1ccc(COC[C@@H]2CCCN2C[C@@H]2CCC[N-]2)cc1. The zero-order valence-electron chi connectivity index (χ0n) is 13.2. The Labute approximate surface area is 140 Å². The molecule has 1 aromatic rings. The van der Waals surface area contributed by atoms with Crippen molar-refractivity contribution >= 4 is 0 Å². The van der Waals surface area contributed by atoms with Gasteiger partial charge in [0.05, 0.1) is 13.2 Å². The predicted molar refractivity (Wildman–Crippen MR) is 81.9 cm³/mol. The second kappa shape index (κ2) is 8.98. The molecule has 0 aliphatic carbocycles. The Kier molecular flexibility index (Phi) is 7.29. The summed E-state index contributed by atoms with van der Waals surface area (Å²) < 4.78 is 5.93. The number of rotatable bonds is 6. The third-order valence-electron chi connectivity index (χ3n) is 4.45. The van der Waals surface area contributed by atoms with Gasteiger partial charge in [-0.3, -0.25) is 4.90 Å². The van der Waals surface area contributed by atoms with Crippen molar-refractivity contribution in [1.29, 1.82) is 0 Å². The average molecular weight is 280 g/mol. The summed E-state index contributed by atoms with van der Waals surface area (Å²) in [5.74, 6) is 0. The molecule has 4 heteroatoms. The summed E-state index contributed by atoms with van der Waals surface area (Å²) in [5, 5.41) is 4.68. The average Bonchev–Trinajstić information content (AvgIpc) is 3.13. The van der Waals surface area contributed by atoms with E-state index in [1.165, 1.54) is 37.8 Å². The molecule has 0 aromatic heterocycles. The molecular weight excluding hydrogens is 255 g/mol. The van der Waals surface area contributed by atoms with Crippen LogP contribution >= 0.6 is 0 Å². The Hall–Kier alpha value is -0.303. The first kappa shape index (κ1) is 17.1. The van der Waals surface area contributed by atoms with Crippen molar-refractivity contribution < 1.29 is 23.6 Å². The Morgan fingerprint density at radius 1 is 1.14 bits per heavy atom. The largest absolute Gasteiger partial charge is 1.00 e. The predicted octanol–water partition coefficient (Wildman–Crippen LogP) is 0.208. The summed E-state index contributed by atoms with van der Waals surface area (Å²) in [4.78, 5) is 2.60. The molecule has 2 fully saturated rings. The van der Waals surface area contributed by atoms with Gasteiger partial charge in [0.25, 0.3) is 0 Å². The maximum Gasteiger partial charge on any atom is 1.00 e. The zero-order valence-corrected chi connectivity index (χ0v) is 13.2. The molecule has 110 valence electrons.